The second-order valence-corrected chi connectivity index (χ2v) is 5.25. The zero-order valence-electron chi connectivity index (χ0n) is 10.7. The van der Waals surface area contributed by atoms with E-state index in [1.807, 2.05) is 0 Å². The summed E-state index contributed by atoms with van der Waals surface area (Å²) in [4.78, 5) is 0. The molecule has 0 saturated heterocycles. The van der Waals surface area contributed by atoms with Crippen molar-refractivity contribution in [2.75, 3.05) is 0 Å². The molecule has 1 aliphatic carbocycles. The molecule has 0 aromatic carbocycles. The van der Waals surface area contributed by atoms with Crippen LogP contribution in [0.2, 0.25) is 0 Å². The van der Waals surface area contributed by atoms with Gasteiger partial charge < -0.3 is 10.2 Å². The maximum absolute atomic E-state index is 6.00. The lowest BCUT2D eigenvalue weighted by molar-refractivity contribution is 0.439. The predicted molar refractivity (Wildman–Crippen MR) is 66.6 cm³/mol. The van der Waals surface area contributed by atoms with E-state index in [1.165, 1.54) is 42.6 Å². The zero-order valence-corrected chi connectivity index (χ0v) is 10.7. The zero-order chi connectivity index (χ0) is 11.7. The Morgan fingerprint density at radius 2 is 1.94 bits per heavy atom. The molecule has 1 fully saturated rings. The number of rotatable bonds is 3. The first-order chi connectivity index (χ1) is 7.65. The highest BCUT2D eigenvalue weighted by molar-refractivity contribution is 5.37. The average Bonchev–Trinajstić information content (AvgIpc) is 2.82. The minimum absolute atomic E-state index is 0.512. The molecule has 90 valence electrons. The Balaban J connectivity index is 2.41. The number of furan rings is 1. The summed E-state index contributed by atoms with van der Waals surface area (Å²) in [6.07, 6.45) is 5.23. The molecule has 16 heavy (non-hydrogen) atoms. The minimum atomic E-state index is 0.512. The molecule has 1 aromatic heterocycles. The molecule has 2 N–H and O–H groups in total. The van der Waals surface area contributed by atoms with Gasteiger partial charge in [0.25, 0.3) is 0 Å². The largest absolute Gasteiger partial charge is 0.465 e. The van der Waals surface area contributed by atoms with E-state index in [0.717, 1.165) is 5.76 Å². The number of hydrogen-bond donors (Lipinski definition) is 1. The second kappa shape index (κ2) is 4.62. The molecule has 0 spiro atoms. The van der Waals surface area contributed by atoms with Crippen molar-refractivity contribution in [3.8, 4) is 0 Å². The van der Waals surface area contributed by atoms with Crippen molar-refractivity contribution in [2.24, 2.45) is 5.73 Å². The second-order valence-electron chi connectivity index (χ2n) is 5.25. The van der Waals surface area contributed by atoms with Crippen LogP contribution in [-0.4, -0.2) is 0 Å². The van der Waals surface area contributed by atoms with Crippen LogP contribution >= 0.6 is 0 Å². The van der Waals surface area contributed by atoms with Crippen molar-refractivity contribution in [2.45, 2.75) is 64.8 Å². The van der Waals surface area contributed by atoms with Gasteiger partial charge in [-0.1, -0.05) is 26.7 Å². The molecule has 2 heteroatoms. The molecule has 2 nitrogen and oxygen atoms in total. The molecule has 1 aliphatic rings. The fourth-order valence-electron chi connectivity index (χ4n) is 3.11. The van der Waals surface area contributed by atoms with Gasteiger partial charge in [-0.3, -0.25) is 0 Å². The highest BCUT2D eigenvalue weighted by Gasteiger charge is 2.27. The van der Waals surface area contributed by atoms with E-state index < -0.39 is 0 Å². The number of nitrogens with two attached hydrogens (primary N) is 1. The van der Waals surface area contributed by atoms with Crippen LogP contribution in [0.4, 0.5) is 0 Å². The summed E-state index contributed by atoms with van der Waals surface area (Å²) in [5.41, 5.74) is 8.55. The van der Waals surface area contributed by atoms with Crippen molar-refractivity contribution >= 4 is 0 Å². The molecular formula is C14H23NO. The lowest BCUT2D eigenvalue weighted by Crippen LogP contribution is -2.05. The van der Waals surface area contributed by atoms with Gasteiger partial charge in [0, 0.05) is 23.6 Å². The normalized spacial score (nSPS) is 17.6. The summed E-state index contributed by atoms with van der Waals surface area (Å²) in [6, 6.07) is 0. The summed E-state index contributed by atoms with van der Waals surface area (Å²) in [6.45, 7) is 7.13. The van der Waals surface area contributed by atoms with E-state index in [9.17, 15) is 0 Å². The summed E-state index contributed by atoms with van der Waals surface area (Å²) >= 11 is 0. The van der Waals surface area contributed by atoms with Gasteiger partial charge in [0.05, 0.1) is 0 Å². The molecule has 0 radical (unpaired) electrons. The van der Waals surface area contributed by atoms with E-state index in [1.54, 1.807) is 0 Å². The lowest BCUT2D eigenvalue weighted by Gasteiger charge is -2.10. The summed E-state index contributed by atoms with van der Waals surface area (Å²) in [7, 11) is 0. The quantitative estimate of drug-likeness (QED) is 0.842. The van der Waals surface area contributed by atoms with Gasteiger partial charge in [-0.2, -0.15) is 0 Å². The molecular weight excluding hydrogens is 198 g/mol. The monoisotopic (exact) mass is 221 g/mol. The molecule has 1 saturated carbocycles. The van der Waals surface area contributed by atoms with Crippen molar-refractivity contribution in [1.82, 2.24) is 0 Å². The number of hydrogen-bond acceptors (Lipinski definition) is 2. The molecule has 0 unspecified atom stereocenters. The predicted octanol–water partition coefficient (Wildman–Crippen LogP) is 3.83. The van der Waals surface area contributed by atoms with Crippen molar-refractivity contribution < 1.29 is 4.42 Å². The van der Waals surface area contributed by atoms with Gasteiger partial charge >= 0.3 is 0 Å². The average molecular weight is 221 g/mol. The fraction of sp³-hybridized carbons (Fsp3) is 0.714. The molecule has 1 aromatic rings. The smallest absolute Gasteiger partial charge is 0.112 e. The summed E-state index contributed by atoms with van der Waals surface area (Å²) in [5.74, 6) is 3.42. The van der Waals surface area contributed by atoms with Crippen LogP contribution < -0.4 is 5.73 Å². The maximum Gasteiger partial charge on any atom is 0.112 e. The molecule has 0 bridgehead atoms. The topological polar surface area (TPSA) is 39.2 Å². The molecule has 2 rings (SSSR count). The van der Waals surface area contributed by atoms with E-state index in [4.69, 9.17) is 10.2 Å². The minimum Gasteiger partial charge on any atom is -0.465 e. The SMILES string of the molecule is Cc1oc(C2CCCC2)c(CN)c1C(C)C. The first-order valence-electron chi connectivity index (χ1n) is 6.47. The summed E-state index contributed by atoms with van der Waals surface area (Å²) in [5, 5.41) is 0. The standard InChI is InChI=1S/C14H23NO/c1-9(2)13-10(3)16-14(12(13)8-15)11-6-4-5-7-11/h9,11H,4-8,15H2,1-3H3. The Morgan fingerprint density at radius 1 is 1.31 bits per heavy atom. The van der Waals surface area contributed by atoms with Gasteiger partial charge in [0.1, 0.15) is 11.5 Å². The van der Waals surface area contributed by atoms with Crippen molar-refractivity contribution in [3.05, 3.63) is 22.6 Å². The fourth-order valence-corrected chi connectivity index (χ4v) is 3.11. The molecule has 0 amide bonds. The highest BCUT2D eigenvalue weighted by Crippen LogP contribution is 2.40. The molecule has 1 heterocycles. The maximum atomic E-state index is 6.00. The third-order valence-corrected chi connectivity index (χ3v) is 3.77. The van der Waals surface area contributed by atoms with Crippen LogP contribution in [0.1, 0.15) is 74.0 Å². The van der Waals surface area contributed by atoms with Gasteiger partial charge in [0.2, 0.25) is 0 Å². The van der Waals surface area contributed by atoms with E-state index in [2.05, 4.69) is 20.8 Å². The van der Waals surface area contributed by atoms with Crippen molar-refractivity contribution in [3.63, 3.8) is 0 Å². The van der Waals surface area contributed by atoms with Crippen LogP contribution in [0, 0.1) is 6.92 Å². The Kier molecular flexibility index (Phi) is 3.38. The van der Waals surface area contributed by atoms with E-state index >= 15 is 0 Å². The Labute approximate surface area is 98.2 Å². The Bertz CT molecular complexity index is 359. The van der Waals surface area contributed by atoms with Crippen LogP contribution in [-0.2, 0) is 6.54 Å². The van der Waals surface area contributed by atoms with Crippen LogP contribution in [0.3, 0.4) is 0 Å². The third-order valence-electron chi connectivity index (χ3n) is 3.77. The van der Waals surface area contributed by atoms with E-state index in [0.29, 0.717) is 18.4 Å². The van der Waals surface area contributed by atoms with Crippen molar-refractivity contribution in [1.29, 1.82) is 0 Å². The van der Waals surface area contributed by atoms with Gasteiger partial charge in [-0.05, 0) is 25.7 Å². The van der Waals surface area contributed by atoms with Crippen LogP contribution in [0.25, 0.3) is 0 Å². The molecule has 0 atom stereocenters. The van der Waals surface area contributed by atoms with Crippen LogP contribution in [0.5, 0.6) is 0 Å². The highest BCUT2D eigenvalue weighted by atomic mass is 16.3. The van der Waals surface area contributed by atoms with Crippen LogP contribution in [0.15, 0.2) is 4.42 Å². The summed E-state index contributed by atoms with van der Waals surface area (Å²) < 4.78 is 6.00. The third kappa shape index (κ3) is 1.91. The van der Waals surface area contributed by atoms with Gasteiger partial charge in [-0.25, -0.2) is 0 Å². The molecule has 0 aliphatic heterocycles. The first kappa shape index (κ1) is 11.7. The first-order valence-corrected chi connectivity index (χ1v) is 6.47. The Morgan fingerprint density at radius 3 is 2.44 bits per heavy atom. The number of aryl methyl sites for hydroxylation is 1. The van der Waals surface area contributed by atoms with Gasteiger partial charge in [-0.15, -0.1) is 0 Å². The lowest BCUT2D eigenvalue weighted by atomic mass is 9.93. The van der Waals surface area contributed by atoms with Gasteiger partial charge in [0.15, 0.2) is 0 Å². The Hall–Kier alpha value is -0.760. The van der Waals surface area contributed by atoms with E-state index in [-0.39, 0.29) is 0 Å².